The molecule has 0 aromatic heterocycles. The molecule has 3 rings (SSSR count). The molecule has 0 bridgehead atoms. The van der Waals surface area contributed by atoms with Crippen molar-refractivity contribution in [1.82, 2.24) is 5.32 Å². The van der Waals surface area contributed by atoms with Crippen molar-refractivity contribution in [3.05, 3.63) is 62.7 Å². The predicted octanol–water partition coefficient (Wildman–Crippen LogP) is 4.28. The lowest BCUT2D eigenvalue weighted by atomic mass is 10.1. The molecule has 0 spiro atoms. The minimum atomic E-state index is -0.521. The average Bonchev–Trinajstić information content (AvgIpc) is 3.15. The molecule has 0 atom stereocenters. The predicted molar refractivity (Wildman–Crippen MR) is 114 cm³/mol. The van der Waals surface area contributed by atoms with E-state index in [0.717, 1.165) is 31.6 Å². The van der Waals surface area contributed by atoms with Crippen LogP contribution in [0.2, 0.25) is 5.02 Å². The average molecular weight is 419 g/mol. The van der Waals surface area contributed by atoms with Gasteiger partial charge in [-0.3, -0.25) is 20.2 Å². The lowest BCUT2D eigenvalue weighted by Gasteiger charge is -2.20. The fourth-order valence-electron chi connectivity index (χ4n) is 3.20. The molecule has 0 aliphatic carbocycles. The van der Waals surface area contributed by atoms with Gasteiger partial charge in [0, 0.05) is 36.0 Å². The van der Waals surface area contributed by atoms with Crippen LogP contribution in [0.25, 0.3) is 0 Å². The molecule has 28 heavy (non-hydrogen) atoms. The number of nitrogens with zero attached hydrogens (tertiary/aromatic N) is 2. The number of carbonyl (C=O) groups is 1. The van der Waals surface area contributed by atoms with Crippen molar-refractivity contribution >= 4 is 51.9 Å². The van der Waals surface area contributed by atoms with Crippen molar-refractivity contribution in [2.24, 2.45) is 0 Å². The Labute approximate surface area is 172 Å². The topological polar surface area (TPSA) is 87.5 Å². The second-order valence-electron chi connectivity index (χ2n) is 6.48. The number of nitrogens with one attached hydrogen (secondary N) is 2. The molecule has 0 saturated carbocycles. The standard InChI is InChI=1S/C19H19ClN4O3S/c1-12-14(5-4-6-16(12)24(26)27)18(25)22-19(28)21-13-7-8-17(15(20)11-13)23-9-2-3-10-23/h4-8,11H,2-3,9-10H2,1H3,(H2,21,22,25,28). The third kappa shape index (κ3) is 4.40. The van der Waals surface area contributed by atoms with E-state index in [2.05, 4.69) is 15.5 Å². The van der Waals surface area contributed by atoms with E-state index in [4.69, 9.17) is 23.8 Å². The zero-order valence-electron chi connectivity index (χ0n) is 15.2. The van der Waals surface area contributed by atoms with Gasteiger partial charge in [0.15, 0.2) is 5.11 Å². The number of benzene rings is 2. The van der Waals surface area contributed by atoms with E-state index in [0.29, 0.717) is 10.7 Å². The minimum absolute atomic E-state index is 0.0842. The summed E-state index contributed by atoms with van der Waals surface area (Å²) in [6.45, 7) is 3.51. The van der Waals surface area contributed by atoms with Crippen LogP contribution in [-0.4, -0.2) is 29.0 Å². The van der Waals surface area contributed by atoms with Gasteiger partial charge in [-0.1, -0.05) is 17.7 Å². The summed E-state index contributed by atoms with van der Waals surface area (Å²) in [6.07, 6.45) is 2.31. The molecule has 1 fully saturated rings. The number of hydrogen-bond donors (Lipinski definition) is 2. The highest BCUT2D eigenvalue weighted by atomic mass is 35.5. The minimum Gasteiger partial charge on any atom is -0.370 e. The molecule has 0 unspecified atom stereocenters. The van der Waals surface area contributed by atoms with Crippen molar-refractivity contribution in [1.29, 1.82) is 0 Å². The van der Waals surface area contributed by atoms with Crippen molar-refractivity contribution in [3.63, 3.8) is 0 Å². The fraction of sp³-hybridized carbons (Fsp3) is 0.263. The molecule has 2 aromatic carbocycles. The number of hydrogen-bond acceptors (Lipinski definition) is 5. The van der Waals surface area contributed by atoms with E-state index in [1.807, 2.05) is 12.1 Å². The molecule has 146 valence electrons. The zero-order valence-corrected chi connectivity index (χ0v) is 16.8. The fourth-order valence-corrected chi connectivity index (χ4v) is 3.71. The highest BCUT2D eigenvalue weighted by molar-refractivity contribution is 7.80. The quantitative estimate of drug-likeness (QED) is 0.437. The smallest absolute Gasteiger partial charge is 0.273 e. The van der Waals surface area contributed by atoms with Gasteiger partial charge in [-0.2, -0.15) is 0 Å². The molecule has 1 aliphatic rings. The van der Waals surface area contributed by atoms with Gasteiger partial charge in [-0.15, -0.1) is 0 Å². The molecule has 1 aliphatic heterocycles. The molecule has 1 heterocycles. The first-order valence-electron chi connectivity index (χ1n) is 8.77. The summed E-state index contributed by atoms with van der Waals surface area (Å²) >= 11 is 11.6. The van der Waals surface area contributed by atoms with Crippen LogP contribution in [0.3, 0.4) is 0 Å². The van der Waals surface area contributed by atoms with Crippen LogP contribution in [0.15, 0.2) is 36.4 Å². The van der Waals surface area contributed by atoms with E-state index in [1.54, 1.807) is 6.07 Å². The van der Waals surface area contributed by atoms with Crippen molar-refractivity contribution in [2.75, 3.05) is 23.3 Å². The molecule has 7 nitrogen and oxygen atoms in total. The van der Waals surface area contributed by atoms with Crippen LogP contribution in [-0.2, 0) is 0 Å². The summed E-state index contributed by atoms with van der Waals surface area (Å²) in [7, 11) is 0. The summed E-state index contributed by atoms with van der Waals surface area (Å²) in [4.78, 5) is 25.2. The first-order chi connectivity index (χ1) is 13.4. The lowest BCUT2D eigenvalue weighted by molar-refractivity contribution is -0.385. The lowest BCUT2D eigenvalue weighted by Crippen LogP contribution is -2.34. The second kappa shape index (κ2) is 8.53. The number of rotatable bonds is 4. The Kier molecular flexibility index (Phi) is 6.11. The van der Waals surface area contributed by atoms with Gasteiger partial charge >= 0.3 is 0 Å². The van der Waals surface area contributed by atoms with E-state index in [-0.39, 0.29) is 21.9 Å². The molecule has 1 saturated heterocycles. The van der Waals surface area contributed by atoms with Gasteiger partial charge in [0.05, 0.1) is 15.6 Å². The zero-order chi connectivity index (χ0) is 20.3. The summed E-state index contributed by atoms with van der Waals surface area (Å²) < 4.78 is 0. The van der Waals surface area contributed by atoms with Gasteiger partial charge in [0.25, 0.3) is 11.6 Å². The number of nitro benzene ring substituents is 1. The Bertz CT molecular complexity index is 945. The molecule has 1 amide bonds. The summed E-state index contributed by atoms with van der Waals surface area (Å²) in [5.41, 5.74) is 1.99. The maximum atomic E-state index is 12.4. The number of nitro groups is 1. The highest BCUT2D eigenvalue weighted by Crippen LogP contribution is 2.31. The third-order valence-electron chi connectivity index (χ3n) is 4.63. The Morgan fingerprint density at radius 2 is 1.96 bits per heavy atom. The molecule has 9 heteroatoms. The number of thiocarbonyl (C=S) groups is 1. The van der Waals surface area contributed by atoms with Crippen molar-refractivity contribution < 1.29 is 9.72 Å². The highest BCUT2D eigenvalue weighted by Gasteiger charge is 2.19. The van der Waals surface area contributed by atoms with Crippen LogP contribution >= 0.6 is 23.8 Å². The summed E-state index contributed by atoms with van der Waals surface area (Å²) in [5.74, 6) is -0.515. The van der Waals surface area contributed by atoms with Crippen LogP contribution in [0.4, 0.5) is 17.1 Å². The number of carbonyl (C=O) groups excluding carboxylic acids is 1. The van der Waals surface area contributed by atoms with Gasteiger partial charge in [0.2, 0.25) is 0 Å². The Balaban J connectivity index is 1.67. The van der Waals surface area contributed by atoms with Crippen LogP contribution < -0.4 is 15.5 Å². The Morgan fingerprint density at radius 1 is 1.25 bits per heavy atom. The van der Waals surface area contributed by atoms with E-state index in [9.17, 15) is 14.9 Å². The SMILES string of the molecule is Cc1c(C(=O)NC(=S)Nc2ccc(N3CCCC3)c(Cl)c2)cccc1[N+](=O)[O-]. The maximum Gasteiger partial charge on any atom is 0.273 e. The Hall–Kier alpha value is -2.71. The molecular formula is C19H19ClN4O3S. The van der Waals surface area contributed by atoms with Crippen molar-refractivity contribution in [2.45, 2.75) is 19.8 Å². The van der Waals surface area contributed by atoms with Gasteiger partial charge in [-0.05, 0) is 56.2 Å². The van der Waals surface area contributed by atoms with Gasteiger partial charge < -0.3 is 10.2 Å². The first-order valence-corrected chi connectivity index (χ1v) is 9.56. The van der Waals surface area contributed by atoms with Crippen molar-refractivity contribution in [3.8, 4) is 0 Å². The normalized spacial score (nSPS) is 13.3. The Morgan fingerprint density at radius 3 is 2.61 bits per heavy atom. The maximum absolute atomic E-state index is 12.4. The molecule has 0 radical (unpaired) electrons. The summed E-state index contributed by atoms with van der Waals surface area (Å²) in [6, 6.07) is 9.86. The van der Waals surface area contributed by atoms with E-state index < -0.39 is 10.8 Å². The first kappa shape index (κ1) is 20.0. The van der Waals surface area contributed by atoms with Crippen LogP contribution in [0.5, 0.6) is 0 Å². The van der Waals surface area contributed by atoms with E-state index in [1.165, 1.54) is 25.1 Å². The number of amides is 1. The molecule has 2 N–H and O–H groups in total. The van der Waals surface area contributed by atoms with E-state index >= 15 is 0 Å². The summed E-state index contributed by atoms with van der Waals surface area (Å²) in [5, 5.41) is 17.2. The van der Waals surface area contributed by atoms with Gasteiger partial charge in [0.1, 0.15) is 0 Å². The third-order valence-corrected chi connectivity index (χ3v) is 5.13. The monoisotopic (exact) mass is 418 g/mol. The molecular weight excluding hydrogens is 400 g/mol. The van der Waals surface area contributed by atoms with Crippen LogP contribution in [0.1, 0.15) is 28.8 Å². The number of anilines is 2. The van der Waals surface area contributed by atoms with Crippen LogP contribution in [0, 0.1) is 17.0 Å². The largest absolute Gasteiger partial charge is 0.370 e. The number of halogens is 1. The molecule has 2 aromatic rings. The van der Waals surface area contributed by atoms with Gasteiger partial charge in [-0.25, -0.2) is 0 Å². The second-order valence-corrected chi connectivity index (χ2v) is 7.29.